The molecular weight excluding hydrogens is 468 g/mol. The quantitative estimate of drug-likeness (QED) is 0.385. The van der Waals surface area contributed by atoms with E-state index in [1.165, 1.54) is 17.7 Å². The summed E-state index contributed by atoms with van der Waals surface area (Å²) >= 11 is 5.82. The molecule has 9 heteroatoms. The summed E-state index contributed by atoms with van der Waals surface area (Å²) in [6, 6.07) is 19.1. The van der Waals surface area contributed by atoms with Gasteiger partial charge in [-0.2, -0.15) is 0 Å². The molecule has 8 nitrogen and oxygen atoms in total. The van der Waals surface area contributed by atoms with Crippen LogP contribution in [0.1, 0.15) is 33.2 Å². The molecule has 0 spiro atoms. The van der Waals surface area contributed by atoms with Crippen molar-refractivity contribution in [2.24, 2.45) is 0 Å². The maximum Gasteiger partial charge on any atom is 0.288 e. The molecule has 1 N–H and O–H groups in total. The molecule has 0 aliphatic carbocycles. The van der Waals surface area contributed by atoms with Crippen molar-refractivity contribution in [3.63, 3.8) is 0 Å². The lowest BCUT2D eigenvalue weighted by molar-refractivity contribution is -0.384. The first-order valence-electron chi connectivity index (χ1n) is 11.3. The number of nitrogens with zero attached hydrogens (tertiary/aromatic N) is 3. The Morgan fingerprint density at radius 1 is 0.943 bits per heavy atom. The largest absolute Gasteiger partial charge is 0.368 e. The first-order valence-corrected chi connectivity index (χ1v) is 11.7. The lowest BCUT2D eigenvalue weighted by Gasteiger charge is -2.36. The van der Waals surface area contributed by atoms with Crippen molar-refractivity contribution in [1.29, 1.82) is 0 Å². The highest BCUT2D eigenvalue weighted by Gasteiger charge is 2.22. The van der Waals surface area contributed by atoms with Gasteiger partial charge >= 0.3 is 0 Å². The van der Waals surface area contributed by atoms with Crippen molar-refractivity contribution < 1.29 is 14.5 Å². The van der Waals surface area contributed by atoms with Gasteiger partial charge in [0, 0.05) is 54.7 Å². The first-order chi connectivity index (χ1) is 16.9. The molecule has 4 rings (SSSR count). The molecule has 3 aromatic rings. The van der Waals surface area contributed by atoms with Crippen molar-refractivity contribution in [2.45, 2.75) is 13.3 Å². The number of anilines is 2. The molecule has 180 valence electrons. The topological polar surface area (TPSA) is 95.8 Å². The Labute approximate surface area is 208 Å². The Morgan fingerprint density at radius 2 is 1.57 bits per heavy atom. The fourth-order valence-corrected chi connectivity index (χ4v) is 4.17. The van der Waals surface area contributed by atoms with Crippen LogP contribution in [0, 0.1) is 10.1 Å². The van der Waals surface area contributed by atoms with Crippen LogP contribution in [0.3, 0.4) is 0 Å². The van der Waals surface area contributed by atoms with E-state index in [0.29, 0.717) is 37.4 Å². The van der Waals surface area contributed by atoms with Crippen molar-refractivity contribution in [1.82, 2.24) is 4.90 Å². The van der Waals surface area contributed by atoms with Crippen molar-refractivity contribution in [3.8, 4) is 0 Å². The van der Waals surface area contributed by atoms with Gasteiger partial charge in [0.05, 0.1) is 4.92 Å². The third-order valence-corrected chi connectivity index (χ3v) is 6.39. The smallest absolute Gasteiger partial charge is 0.288 e. The molecule has 1 heterocycles. The highest BCUT2D eigenvalue weighted by atomic mass is 35.5. The minimum atomic E-state index is -0.622. The number of nitrogens with one attached hydrogen (secondary N) is 1. The molecule has 1 aliphatic rings. The number of amides is 2. The summed E-state index contributed by atoms with van der Waals surface area (Å²) in [5.41, 5.74) is 3.31. The molecule has 0 atom stereocenters. The number of piperazine rings is 1. The van der Waals surface area contributed by atoms with Gasteiger partial charge in [-0.3, -0.25) is 19.7 Å². The van der Waals surface area contributed by atoms with Crippen molar-refractivity contribution in [2.75, 3.05) is 36.4 Å². The third-order valence-electron chi connectivity index (χ3n) is 6.07. The Morgan fingerprint density at radius 3 is 2.17 bits per heavy atom. The number of nitro groups is 1. The van der Waals surface area contributed by atoms with Crippen LogP contribution in [0.25, 0.3) is 0 Å². The standard InChI is InChI=1S/C26H25ClN4O4/c1-2-18-3-5-19(6-4-18)26(33)30-15-13-29(14-16-30)22-10-8-21(9-11-22)28-25(32)20-7-12-23(27)24(17-20)31(34)35/h3-12,17H,2,13-16H2,1H3,(H,28,32). The monoisotopic (exact) mass is 492 g/mol. The molecule has 0 unspecified atom stereocenters. The van der Waals surface area contributed by atoms with Gasteiger partial charge in [0.15, 0.2) is 0 Å². The number of hydrogen-bond acceptors (Lipinski definition) is 5. The predicted molar refractivity (Wildman–Crippen MR) is 136 cm³/mol. The van der Waals surface area contributed by atoms with E-state index in [9.17, 15) is 19.7 Å². The van der Waals surface area contributed by atoms with Crippen LogP contribution in [0.2, 0.25) is 5.02 Å². The van der Waals surface area contributed by atoms with Crippen LogP contribution in [0.4, 0.5) is 17.1 Å². The molecule has 1 saturated heterocycles. The van der Waals surface area contributed by atoms with Gasteiger partial charge in [0.2, 0.25) is 0 Å². The van der Waals surface area contributed by atoms with E-state index >= 15 is 0 Å². The average molecular weight is 493 g/mol. The van der Waals surface area contributed by atoms with Crippen LogP contribution in [0.15, 0.2) is 66.7 Å². The Bertz CT molecular complexity index is 1240. The lowest BCUT2D eigenvalue weighted by atomic mass is 10.1. The normalized spacial score (nSPS) is 13.4. The molecule has 1 fully saturated rings. The zero-order chi connectivity index (χ0) is 24.9. The van der Waals surface area contributed by atoms with E-state index in [2.05, 4.69) is 17.1 Å². The summed E-state index contributed by atoms with van der Waals surface area (Å²) < 4.78 is 0. The minimum Gasteiger partial charge on any atom is -0.368 e. The number of carbonyl (C=O) groups is 2. The van der Waals surface area contributed by atoms with Gasteiger partial charge in [-0.25, -0.2) is 0 Å². The number of nitro benzene ring substituents is 1. The van der Waals surface area contributed by atoms with Crippen LogP contribution >= 0.6 is 11.6 Å². The number of halogens is 1. The van der Waals surface area contributed by atoms with E-state index in [1.54, 1.807) is 12.1 Å². The number of hydrogen-bond donors (Lipinski definition) is 1. The molecule has 1 aliphatic heterocycles. The fraction of sp³-hybridized carbons (Fsp3) is 0.231. The molecule has 0 aromatic heterocycles. The van der Waals surface area contributed by atoms with Gasteiger partial charge in [0.25, 0.3) is 17.5 Å². The van der Waals surface area contributed by atoms with Gasteiger partial charge in [0.1, 0.15) is 5.02 Å². The minimum absolute atomic E-state index is 0.0212. The summed E-state index contributed by atoms with van der Waals surface area (Å²) in [5.74, 6) is -0.413. The number of rotatable bonds is 6. The van der Waals surface area contributed by atoms with Crippen molar-refractivity contribution in [3.05, 3.63) is 98.6 Å². The zero-order valence-electron chi connectivity index (χ0n) is 19.2. The molecule has 3 aromatic carbocycles. The molecule has 0 bridgehead atoms. The van der Waals surface area contributed by atoms with Gasteiger partial charge < -0.3 is 15.1 Å². The molecule has 0 radical (unpaired) electrons. The maximum atomic E-state index is 12.8. The van der Waals surface area contributed by atoms with Gasteiger partial charge in [-0.1, -0.05) is 30.7 Å². The second-order valence-electron chi connectivity index (χ2n) is 8.25. The Kier molecular flexibility index (Phi) is 7.31. The van der Waals surface area contributed by atoms with Crippen LogP contribution in [-0.4, -0.2) is 47.8 Å². The fourth-order valence-electron chi connectivity index (χ4n) is 3.99. The summed E-state index contributed by atoms with van der Waals surface area (Å²) in [6.45, 7) is 4.76. The van der Waals surface area contributed by atoms with Gasteiger partial charge in [-0.15, -0.1) is 0 Å². The summed E-state index contributed by atoms with van der Waals surface area (Å²) in [4.78, 5) is 39.8. The molecule has 35 heavy (non-hydrogen) atoms. The number of benzene rings is 3. The second-order valence-corrected chi connectivity index (χ2v) is 8.66. The average Bonchev–Trinajstić information content (AvgIpc) is 2.89. The first kappa shape index (κ1) is 24.2. The molecular formula is C26H25ClN4O4. The maximum absolute atomic E-state index is 12.8. The van der Waals surface area contributed by atoms with Crippen LogP contribution in [0.5, 0.6) is 0 Å². The van der Waals surface area contributed by atoms with E-state index in [4.69, 9.17) is 11.6 Å². The van der Waals surface area contributed by atoms with Crippen molar-refractivity contribution >= 4 is 40.5 Å². The number of carbonyl (C=O) groups excluding carboxylic acids is 2. The lowest BCUT2D eigenvalue weighted by Crippen LogP contribution is -2.48. The summed E-state index contributed by atoms with van der Waals surface area (Å²) in [7, 11) is 0. The highest BCUT2D eigenvalue weighted by Crippen LogP contribution is 2.26. The van der Waals surface area contributed by atoms with E-state index in [-0.39, 0.29) is 22.2 Å². The van der Waals surface area contributed by atoms with Crippen LogP contribution < -0.4 is 10.2 Å². The predicted octanol–water partition coefficient (Wildman–Crippen LogP) is 5.03. The highest BCUT2D eigenvalue weighted by molar-refractivity contribution is 6.32. The molecule has 2 amide bonds. The summed E-state index contributed by atoms with van der Waals surface area (Å²) in [6.07, 6.45) is 0.944. The third kappa shape index (κ3) is 5.60. The van der Waals surface area contributed by atoms with Crippen LogP contribution in [-0.2, 0) is 6.42 Å². The summed E-state index contributed by atoms with van der Waals surface area (Å²) in [5, 5.41) is 13.8. The zero-order valence-corrected chi connectivity index (χ0v) is 20.0. The van der Waals surface area contributed by atoms with E-state index in [1.807, 2.05) is 41.3 Å². The SMILES string of the molecule is CCc1ccc(C(=O)N2CCN(c3ccc(NC(=O)c4ccc(Cl)c([N+](=O)[O-])c4)cc3)CC2)cc1. The Hall–Kier alpha value is -3.91. The number of aryl methyl sites for hydroxylation is 1. The van der Waals surface area contributed by atoms with E-state index in [0.717, 1.165) is 18.2 Å². The Balaban J connectivity index is 1.34. The van der Waals surface area contributed by atoms with Gasteiger partial charge in [-0.05, 0) is 60.5 Å². The second kappa shape index (κ2) is 10.6. The van der Waals surface area contributed by atoms with E-state index < -0.39 is 10.8 Å². The molecule has 0 saturated carbocycles.